The Morgan fingerprint density at radius 1 is 0.638 bits per heavy atom. The first-order valence-corrected chi connectivity index (χ1v) is 17.7. The fraction of sp³-hybridized carbons (Fsp3) is 0.391. The molecule has 6 radical (unpaired) electrons. The Morgan fingerprint density at radius 3 is 1.38 bits per heavy atom. The van der Waals surface area contributed by atoms with E-state index >= 15 is 0 Å². The van der Waals surface area contributed by atoms with Crippen molar-refractivity contribution in [3.63, 3.8) is 0 Å². The molecule has 2 aromatic carbocycles. The van der Waals surface area contributed by atoms with Crippen LogP contribution in [-0.4, -0.2) is 14.9 Å². The van der Waals surface area contributed by atoms with Crippen LogP contribution in [0.25, 0.3) is 22.3 Å². The van der Waals surface area contributed by atoms with Gasteiger partial charge in [0.2, 0.25) is 0 Å². The molecule has 4 aromatic rings. The smallest absolute Gasteiger partial charge is 0.107 e. The molecule has 58 heavy (non-hydrogen) atoms. The number of nitrogens with zero attached hydrogens (tertiary/aromatic N) is 3. The predicted molar refractivity (Wildman–Crippen MR) is 210 cm³/mol. The van der Waals surface area contributed by atoms with Crippen LogP contribution in [0.5, 0.6) is 0 Å². The van der Waals surface area contributed by atoms with Crippen LogP contribution in [0.1, 0.15) is 130 Å². The second-order valence-corrected chi connectivity index (χ2v) is 16.7. The average Bonchev–Trinajstić information content (AvgIpc) is 3.66. The maximum atomic E-state index is 12.8. The molecule has 0 bridgehead atoms. The third kappa shape index (κ3) is 8.95. The molecule has 0 unspecified atom stereocenters. The van der Waals surface area contributed by atoms with Crippen molar-refractivity contribution in [2.24, 2.45) is 10.8 Å². The van der Waals surface area contributed by atoms with E-state index in [2.05, 4.69) is 121 Å². The predicted octanol–water partition coefficient (Wildman–Crippen LogP) is 9.09. The van der Waals surface area contributed by atoms with Gasteiger partial charge in [-0.05, 0) is 116 Å². The topological polar surface area (TPSA) is 84.9 Å². The van der Waals surface area contributed by atoms with Crippen molar-refractivity contribution in [1.29, 1.82) is 5.26 Å². The monoisotopic (exact) mass is 1220 g/mol. The van der Waals surface area contributed by atoms with Gasteiger partial charge < -0.3 is 23.5 Å². The molecule has 0 spiro atoms. The van der Waals surface area contributed by atoms with Crippen molar-refractivity contribution in [1.82, 2.24) is 9.13 Å². The zero-order valence-corrected chi connectivity index (χ0v) is 52.1. The zero-order chi connectivity index (χ0) is 37.2. The Labute approximate surface area is 496 Å². The minimum atomic E-state index is -0.332. The number of hydrogen-bond acceptors (Lipinski definition) is 4. The van der Waals surface area contributed by atoms with Crippen LogP contribution in [0, 0.1) is 48.4 Å². The number of carbonyl (C=O) groups is 1. The van der Waals surface area contributed by atoms with Gasteiger partial charge in [-0.1, -0.05) is 126 Å². The van der Waals surface area contributed by atoms with Crippen LogP contribution in [0.2, 0.25) is 0 Å². The van der Waals surface area contributed by atoms with E-state index in [1.54, 1.807) is 0 Å². The number of pyridine rings is 2. The molecule has 0 N–H and O–H groups in total. The van der Waals surface area contributed by atoms with Crippen molar-refractivity contribution < 1.29 is 201 Å². The van der Waals surface area contributed by atoms with Crippen LogP contribution < -0.4 is 10.9 Å². The standard InChI is InChI=1S/C23H24NO2.C22H21N2O.CH4.6Y/c1-13-20-17-11-15-9-7-8-10-16(15)19(17)22(3,4)23(5,6)24(20)12-18(14(2)25)21(13)26;1-13-19-17-10-14-8-6-7-9-16(14)18(17)21(2,3)22(4,5)24(19)12-15(11-23)20(13)25;;;;;;;/h7-10H,11H2,1-6H3;6-9H,10H2,1-5H3;1H4;;;;;;/q2*-1;;;;;;;. The van der Waals surface area contributed by atoms with Gasteiger partial charge in [-0.15, -0.1) is 0 Å². The van der Waals surface area contributed by atoms with Gasteiger partial charge in [-0.3, -0.25) is 5.26 Å². The van der Waals surface area contributed by atoms with E-state index < -0.39 is 0 Å². The first kappa shape index (κ1) is 59.6. The molecule has 2 aromatic heterocycles. The van der Waals surface area contributed by atoms with E-state index in [0.717, 1.165) is 24.2 Å². The van der Waals surface area contributed by atoms with E-state index in [9.17, 15) is 19.6 Å². The molecular formula is C46H49N3O3Y6-2. The number of Topliss-reactive ketones (excluding diaryl/α,β-unsaturated/α-hetero) is 1. The molecule has 0 saturated carbocycles. The molecule has 0 atom stereocenters. The molecule has 8 rings (SSSR count). The zero-order valence-electron chi connectivity index (χ0n) is 35.1. The first-order chi connectivity index (χ1) is 23.8. The van der Waals surface area contributed by atoms with E-state index in [4.69, 9.17) is 0 Å². The molecule has 4 aliphatic rings. The van der Waals surface area contributed by atoms with Crippen molar-refractivity contribution in [3.8, 4) is 6.07 Å². The maximum Gasteiger partial charge on any atom is 0.107 e. The van der Waals surface area contributed by atoms with Crippen molar-refractivity contribution in [2.45, 2.75) is 108 Å². The Kier molecular flexibility index (Phi) is 21.9. The Morgan fingerprint density at radius 2 is 1.00 bits per heavy atom. The van der Waals surface area contributed by atoms with Gasteiger partial charge in [0.05, 0.1) is 5.78 Å². The summed E-state index contributed by atoms with van der Waals surface area (Å²) in [7, 11) is 0. The largest absolute Gasteiger partial charge is 0.420 e. The molecule has 6 nitrogen and oxygen atoms in total. The summed E-state index contributed by atoms with van der Waals surface area (Å²) in [6, 6.07) is 19.0. The number of nitriles is 1. The molecular weight excluding hydrogens is 1180 g/mol. The van der Waals surface area contributed by atoms with E-state index in [0.29, 0.717) is 11.1 Å². The van der Waals surface area contributed by atoms with E-state index in [-0.39, 0.29) is 253 Å². The number of benzene rings is 2. The number of rotatable bonds is 1. The van der Waals surface area contributed by atoms with Crippen molar-refractivity contribution in [3.05, 3.63) is 137 Å². The van der Waals surface area contributed by atoms with Crippen LogP contribution in [0.3, 0.4) is 0 Å². The molecule has 4 heterocycles. The van der Waals surface area contributed by atoms with Crippen molar-refractivity contribution in [2.75, 3.05) is 0 Å². The van der Waals surface area contributed by atoms with Gasteiger partial charge in [-0.2, -0.15) is 0 Å². The molecule has 0 amide bonds. The summed E-state index contributed by atoms with van der Waals surface area (Å²) in [5.41, 5.74) is 12.3. The van der Waals surface area contributed by atoms with Gasteiger partial charge in [0.15, 0.2) is 0 Å². The second-order valence-electron chi connectivity index (χ2n) is 16.7. The molecule has 2 aliphatic carbocycles. The Bertz CT molecular complexity index is 2500. The minimum absolute atomic E-state index is 0. The Hall–Kier alpha value is 1.60. The maximum absolute atomic E-state index is 12.8. The number of hydrogen-bond donors (Lipinski definition) is 0. The fourth-order valence-electron chi connectivity index (χ4n) is 8.96. The Balaban J connectivity index is 0.00000100. The average molecular weight is 1230 g/mol. The summed E-state index contributed by atoms with van der Waals surface area (Å²) < 4.78 is 4.11. The second kappa shape index (κ2) is 21.3. The van der Waals surface area contributed by atoms with E-state index in [1.165, 1.54) is 51.5 Å². The molecule has 286 valence electrons. The quantitative estimate of drug-likeness (QED) is 0.141. The number of allylic oxidation sites excluding steroid dienone is 4. The third-order valence-corrected chi connectivity index (χ3v) is 13.1. The number of aromatic nitrogens is 2. The normalized spacial score (nSPS) is 16.7. The summed E-state index contributed by atoms with van der Waals surface area (Å²) in [6.45, 7) is 22.8. The van der Waals surface area contributed by atoms with Gasteiger partial charge in [0.25, 0.3) is 0 Å². The summed E-state index contributed by atoms with van der Waals surface area (Å²) in [5.74, 6) is -0.225. The summed E-state index contributed by atoms with van der Waals surface area (Å²) in [4.78, 5) is 37.5. The fourth-order valence-corrected chi connectivity index (χ4v) is 8.96. The number of carbonyl (C=O) groups excluding carboxylic acids is 1. The summed E-state index contributed by atoms with van der Waals surface area (Å²) >= 11 is 0. The van der Waals surface area contributed by atoms with E-state index in [1.807, 2.05) is 24.5 Å². The van der Waals surface area contributed by atoms with Gasteiger partial charge >= 0.3 is 0 Å². The molecule has 2 aliphatic heterocycles. The summed E-state index contributed by atoms with van der Waals surface area (Å²) in [5, 5.41) is 9.37. The molecule has 12 heteroatoms. The van der Waals surface area contributed by atoms with Gasteiger partial charge in [0, 0.05) is 218 Å². The number of ketones is 1. The van der Waals surface area contributed by atoms with Gasteiger partial charge in [0.1, 0.15) is 10.9 Å². The van der Waals surface area contributed by atoms with Gasteiger partial charge in [-0.25, -0.2) is 0 Å². The molecule has 0 fully saturated rings. The van der Waals surface area contributed by atoms with Crippen molar-refractivity contribution >= 4 is 28.1 Å². The number of fused-ring (bicyclic) bond motifs is 8. The SMILES string of the molecule is C.CC(=O)c1[c-]n2c(c(C)c1=O)C1=C(c3ccccc3C1)C(C)(C)C2(C)C.Cc1c2n([c-]c(C#N)c1=O)C(C)(C)C(C)(C)C1=C2Cc2ccccc21.[Y].[Y].[Y].[Y].[Y].[Y]. The van der Waals surface area contributed by atoms with Crippen LogP contribution in [-0.2, 0) is 220 Å². The molecule has 0 saturated heterocycles. The third-order valence-electron chi connectivity index (χ3n) is 13.1. The first-order valence-electron chi connectivity index (χ1n) is 17.7. The van der Waals surface area contributed by atoms with Crippen LogP contribution >= 0.6 is 0 Å². The minimum Gasteiger partial charge on any atom is -0.420 e. The van der Waals surface area contributed by atoms with Crippen LogP contribution in [0.15, 0.2) is 58.1 Å². The summed E-state index contributed by atoms with van der Waals surface area (Å²) in [6.07, 6.45) is 7.94. The van der Waals surface area contributed by atoms with Crippen LogP contribution in [0.4, 0.5) is 0 Å².